The molecule has 19 heavy (non-hydrogen) atoms. The predicted molar refractivity (Wildman–Crippen MR) is 67.7 cm³/mol. The number of carbonyl (C=O) groups excluding carboxylic acids is 1. The van der Waals surface area contributed by atoms with Crippen LogP contribution in [0.5, 0.6) is 23.0 Å². The summed E-state index contributed by atoms with van der Waals surface area (Å²) in [6.45, 7) is 1.70. The van der Waals surface area contributed by atoms with Crippen LogP contribution in [-0.2, 0) is 0 Å². The summed E-state index contributed by atoms with van der Waals surface area (Å²) in [5.74, 6) is -2.35. The summed E-state index contributed by atoms with van der Waals surface area (Å²) in [5.41, 5.74) is 0.858. The summed E-state index contributed by atoms with van der Waals surface area (Å²) in [6.07, 6.45) is 0. The molecule has 0 saturated carbocycles. The molecule has 5 heteroatoms. The molecule has 0 unspecified atom stereocenters. The van der Waals surface area contributed by atoms with Crippen molar-refractivity contribution in [1.82, 2.24) is 0 Å². The van der Waals surface area contributed by atoms with E-state index in [0.29, 0.717) is 5.56 Å². The molecule has 0 heterocycles. The lowest BCUT2D eigenvalue weighted by Crippen LogP contribution is -2.01. The average molecular weight is 260 g/mol. The molecule has 0 aliphatic carbocycles. The first-order valence-electron chi connectivity index (χ1n) is 5.49. The molecular formula is C14H12O5. The van der Waals surface area contributed by atoms with E-state index in [2.05, 4.69) is 0 Å². The Bertz CT molecular complexity index is 638. The number of hydrogen-bond acceptors (Lipinski definition) is 5. The third kappa shape index (κ3) is 2.30. The lowest BCUT2D eigenvalue weighted by Gasteiger charge is -2.06. The van der Waals surface area contributed by atoms with E-state index in [4.69, 9.17) is 0 Å². The minimum atomic E-state index is -0.677. The zero-order chi connectivity index (χ0) is 14.2. The van der Waals surface area contributed by atoms with Gasteiger partial charge in [-0.2, -0.15) is 0 Å². The SMILES string of the molecule is Cc1ccc(C(=O)c2cc(O)c(O)c(O)c2)cc1O. The lowest BCUT2D eigenvalue weighted by atomic mass is 10.0. The van der Waals surface area contributed by atoms with E-state index in [9.17, 15) is 25.2 Å². The van der Waals surface area contributed by atoms with Crippen molar-refractivity contribution >= 4 is 5.78 Å². The molecule has 2 aromatic rings. The second kappa shape index (κ2) is 4.53. The Morgan fingerprint density at radius 3 is 1.89 bits per heavy atom. The van der Waals surface area contributed by atoms with Crippen LogP contribution in [0.2, 0.25) is 0 Å². The maximum atomic E-state index is 12.1. The highest BCUT2D eigenvalue weighted by Gasteiger charge is 2.15. The Hall–Kier alpha value is -2.69. The standard InChI is InChI=1S/C14H12O5/c1-7-2-3-8(4-10(7)15)13(18)9-5-11(16)14(19)12(17)6-9/h2-6,15-17,19H,1H3. The van der Waals surface area contributed by atoms with Crippen molar-refractivity contribution in [3.8, 4) is 23.0 Å². The smallest absolute Gasteiger partial charge is 0.200 e. The van der Waals surface area contributed by atoms with Gasteiger partial charge in [0, 0.05) is 11.1 Å². The molecule has 0 aromatic heterocycles. The molecule has 4 N–H and O–H groups in total. The van der Waals surface area contributed by atoms with Gasteiger partial charge >= 0.3 is 0 Å². The molecule has 0 atom stereocenters. The largest absolute Gasteiger partial charge is 0.508 e. The van der Waals surface area contributed by atoms with Gasteiger partial charge in [0.25, 0.3) is 0 Å². The number of aryl methyl sites for hydroxylation is 1. The minimum absolute atomic E-state index is 0.0102. The van der Waals surface area contributed by atoms with Crippen molar-refractivity contribution in [2.24, 2.45) is 0 Å². The quantitative estimate of drug-likeness (QED) is 0.489. The van der Waals surface area contributed by atoms with Crippen molar-refractivity contribution in [2.75, 3.05) is 0 Å². The zero-order valence-corrected chi connectivity index (χ0v) is 10.1. The number of aromatic hydroxyl groups is 4. The van der Waals surface area contributed by atoms with Gasteiger partial charge < -0.3 is 20.4 Å². The number of phenols is 4. The van der Waals surface area contributed by atoms with Crippen LogP contribution >= 0.6 is 0 Å². The second-order valence-electron chi connectivity index (χ2n) is 4.19. The van der Waals surface area contributed by atoms with Gasteiger partial charge in [-0.3, -0.25) is 4.79 Å². The van der Waals surface area contributed by atoms with Gasteiger partial charge in [0.05, 0.1) is 0 Å². The van der Waals surface area contributed by atoms with E-state index in [1.165, 1.54) is 12.1 Å². The van der Waals surface area contributed by atoms with Gasteiger partial charge in [-0.25, -0.2) is 0 Å². The molecule has 0 spiro atoms. The van der Waals surface area contributed by atoms with Crippen molar-refractivity contribution in [2.45, 2.75) is 6.92 Å². The normalized spacial score (nSPS) is 10.4. The van der Waals surface area contributed by atoms with Gasteiger partial charge in [0.1, 0.15) is 5.75 Å². The number of rotatable bonds is 2. The highest BCUT2D eigenvalue weighted by Crippen LogP contribution is 2.36. The van der Waals surface area contributed by atoms with E-state index in [1.54, 1.807) is 13.0 Å². The number of phenolic OH excluding ortho intramolecular Hbond substituents is 4. The Morgan fingerprint density at radius 2 is 1.37 bits per heavy atom. The third-order valence-electron chi connectivity index (χ3n) is 2.80. The summed E-state index contributed by atoms with van der Waals surface area (Å²) in [5, 5.41) is 37.5. The minimum Gasteiger partial charge on any atom is -0.508 e. The highest BCUT2D eigenvalue weighted by atomic mass is 16.3. The highest BCUT2D eigenvalue weighted by molar-refractivity contribution is 6.09. The maximum absolute atomic E-state index is 12.1. The van der Waals surface area contributed by atoms with Crippen molar-refractivity contribution in [3.05, 3.63) is 47.0 Å². The fraction of sp³-hybridized carbons (Fsp3) is 0.0714. The van der Waals surface area contributed by atoms with Gasteiger partial charge in [0.2, 0.25) is 0 Å². The molecule has 2 aromatic carbocycles. The maximum Gasteiger partial charge on any atom is 0.200 e. The number of carbonyl (C=O) groups is 1. The number of ketones is 1. The molecule has 0 aliphatic heterocycles. The summed E-state index contributed by atoms with van der Waals surface area (Å²) in [4.78, 5) is 12.1. The predicted octanol–water partition coefficient (Wildman–Crippen LogP) is 2.05. The first-order chi connectivity index (χ1) is 8.90. The monoisotopic (exact) mass is 260 g/mol. The fourth-order valence-corrected chi connectivity index (χ4v) is 1.65. The molecule has 0 aliphatic rings. The summed E-state index contributed by atoms with van der Waals surface area (Å²) in [7, 11) is 0. The molecule has 5 nitrogen and oxygen atoms in total. The Balaban J connectivity index is 2.47. The van der Waals surface area contributed by atoms with Gasteiger partial charge in [-0.15, -0.1) is 0 Å². The van der Waals surface area contributed by atoms with Crippen LogP contribution in [0.25, 0.3) is 0 Å². The molecule has 0 fully saturated rings. The van der Waals surface area contributed by atoms with E-state index in [1.807, 2.05) is 0 Å². The lowest BCUT2D eigenvalue weighted by molar-refractivity contribution is 0.103. The first kappa shape index (κ1) is 12.8. The fourth-order valence-electron chi connectivity index (χ4n) is 1.65. The van der Waals surface area contributed by atoms with Crippen LogP contribution in [0.3, 0.4) is 0 Å². The van der Waals surface area contributed by atoms with Crippen LogP contribution in [0.15, 0.2) is 30.3 Å². The molecule has 0 radical (unpaired) electrons. The third-order valence-corrected chi connectivity index (χ3v) is 2.80. The van der Waals surface area contributed by atoms with Gasteiger partial charge in [-0.1, -0.05) is 12.1 Å². The van der Waals surface area contributed by atoms with E-state index in [0.717, 1.165) is 12.1 Å². The molecule has 2 rings (SSSR count). The average Bonchev–Trinajstić information content (AvgIpc) is 2.37. The summed E-state index contributed by atoms with van der Waals surface area (Å²) >= 11 is 0. The van der Waals surface area contributed by atoms with E-state index >= 15 is 0 Å². The van der Waals surface area contributed by atoms with E-state index < -0.39 is 23.0 Å². The van der Waals surface area contributed by atoms with Gasteiger partial charge in [-0.05, 0) is 30.7 Å². The van der Waals surface area contributed by atoms with Gasteiger partial charge in [0.15, 0.2) is 23.0 Å². The molecule has 0 bridgehead atoms. The number of benzene rings is 2. The van der Waals surface area contributed by atoms with Crippen molar-refractivity contribution in [3.63, 3.8) is 0 Å². The Labute approximate surface area is 109 Å². The van der Waals surface area contributed by atoms with Crippen LogP contribution in [0.1, 0.15) is 21.5 Å². The molecule has 0 amide bonds. The summed E-state index contributed by atoms with van der Waals surface area (Å²) in [6, 6.07) is 6.52. The summed E-state index contributed by atoms with van der Waals surface area (Å²) < 4.78 is 0. The zero-order valence-electron chi connectivity index (χ0n) is 10.1. The van der Waals surface area contributed by atoms with E-state index in [-0.39, 0.29) is 16.9 Å². The molecular weight excluding hydrogens is 248 g/mol. The van der Waals surface area contributed by atoms with Crippen molar-refractivity contribution in [1.29, 1.82) is 0 Å². The van der Waals surface area contributed by atoms with Crippen LogP contribution in [0.4, 0.5) is 0 Å². The van der Waals surface area contributed by atoms with Crippen molar-refractivity contribution < 1.29 is 25.2 Å². The van der Waals surface area contributed by atoms with Crippen LogP contribution < -0.4 is 0 Å². The van der Waals surface area contributed by atoms with Crippen LogP contribution in [-0.4, -0.2) is 26.2 Å². The molecule has 98 valence electrons. The number of hydrogen-bond donors (Lipinski definition) is 4. The topological polar surface area (TPSA) is 98.0 Å². The van der Waals surface area contributed by atoms with Crippen LogP contribution in [0, 0.1) is 6.92 Å². The molecule has 0 saturated heterocycles. The Morgan fingerprint density at radius 1 is 0.842 bits per heavy atom. The Kier molecular flexibility index (Phi) is 3.04. The second-order valence-corrected chi connectivity index (χ2v) is 4.19. The first-order valence-corrected chi connectivity index (χ1v) is 5.49.